The van der Waals surface area contributed by atoms with Crippen molar-refractivity contribution in [3.63, 3.8) is 0 Å². The minimum atomic E-state index is -0.892. The van der Waals surface area contributed by atoms with Crippen LogP contribution in [0, 0.1) is 23.7 Å². The third-order valence-corrected chi connectivity index (χ3v) is 4.59. The zero-order valence-corrected chi connectivity index (χ0v) is 11.3. The molecule has 0 N–H and O–H groups in total. The van der Waals surface area contributed by atoms with Gasteiger partial charge in [-0.2, -0.15) is 0 Å². The fraction of sp³-hybridized carbons (Fsp3) is 0.667. The van der Waals surface area contributed by atoms with E-state index >= 15 is 0 Å². The molecule has 2 aliphatic carbocycles. The number of esters is 1. The molecular formula is C15H20O4. The summed E-state index contributed by atoms with van der Waals surface area (Å²) in [4.78, 5) is 35.5. The fourth-order valence-electron chi connectivity index (χ4n) is 3.49. The first-order valence-electron chi connectivity index (χ1n) is 6.87. The second-order valence-electron chi connectivity index (χ2n) is 5.56. The van der Waals surface area contributed by atoms with Gasteiger partial charge in [-0.3, -0.25) is 9.59 Å². The molecule has 0 radical (unpaired) electrons. The van der Waals surface area contributed by atoms with Crippen LogP contribution < -0.4 is 0 Å². The van der Waals surface area contributed by atoms with Crippen molar-refractivity contribution >= 4 is 17.5 Å². The maximum atomic E-state index is 12.4. The molecule has 2 aliphatic rings. The van der Waals surface area contributed by atoms with Crippen molar-refractivity contribution in [3.8, 4) is 0 Å². The molecule has 0 aromatic carbocycles. The maximum Gasteiger partial charge on any atom is 0.375 e. The van der Waals surface area contributed by atoms with Gasteiger partial charge < -0.3 is 4.74 Å². The number of allylic oxidation sites excluding steroid dienone is 1. The zero-order valence-electron chi connectivity index (χ0n) is 11.3. The summed E-state index contributed by atoms with van der Waals surface area (Å²) in [5.41, 5.74) is 0. The SMILES string of the molecule is C=CC1CCC2C(=O)C(C(=O)C(=O)OC)CCC2C1. The molecule has 4 heteroatoms. The zero-order chi connectivity index (χ0) is 14.0. The highest BCUT2D eigenvalue weighted by Crippen LogP contribution is 2.43. The van der Waals surface area contributed by atoms with E-state index in [0.29, 0.717) is 18.3 Å². The predicted molar refractivity (Wildman–Crippen MR) is 69.3 cm³/mol. The first-order valence-corrected chi connectivity index (χ1v) is 6.87. The topological polar surface area (TPSA) is 60.4 Å². The van der Waals surface area contributed by atoms with Gasteiger partial charge >= 0.3 is 5.97 Å². The van der Waals surface area contributed by atoms with Gasteiger partial charge in [0.2, 0.25) is 5.78 Å². The van der Waals surface area contributed by atoms with E-state index < -0.39 is 17.7 Å². The van der Waals surface area contributed by atoms with Crippen LogP contribution in [0.3, 0.4) is 0 Å². The fourth-order valence-corrected chi connectivity index (χ4v) is 3.49. The van der Waals surface area contributed by atoms with Crippen molar-refractivity contribution in [2.45, 2.75) is 32.1 Å². The van der Waals surface area contributed by atoms with Crippen molar-refractivity contribution in [1.82, 2.24) is 0 Å². The largest absolute Gasteiger partial charge is 0.463 e. The molecule has 2 saturated carbocycles. The van der Waals surface area contributed by atoms with Gasteiger partial charge in [-0.15, -0.1) is 6.58 Å². The standard InChI is InChI=1S/C15H20O4/c1-3-9-4-6-11-10(8-9)5-7-12(13(11)16)14(17)15(18)19-2/h3,9-12H,1,4-8H2,2H3. The lowest BCUT2D eigenvalue weighted by Gasteiger charge is -2.39. The van der Waals surface area contributed by atoms with E-state index in [-0.39, 0.29) is 11.7 Å². The van der Waals surface area contributed by atoms with E-state index in [1.807, 2.05) is 6.08 Å². The summed E-state index contributed by atoms with van der Waals surface area (Å²) >= 11 is 0. The van der Waals surface area contributed by atoms with Gasteiger partial charge in [0.1, 0.15) is 5.78 Å². The summed E-state index contributed by atoms with van der Waals surface area (Å²) in [6.45, 7) is 3.82. The Labute approximate surface area is 113 Å². The summed E-state index contributed by atoms with van der Waals surface area (Å²) < 4.78 is 4.43. The van der Waals surface area contributed by atoms with Crippen LogP contribution in [0.4, 0.5) is 0 Å². The summed E-state index contributed by atoms with van der Waals surface area (Å²) in [5, 5.41) is 0. The van der Waals surface area contributed by atoms with Crippen LogP contribution in [0.15, 0.2) is 12.7 Å². The molecule has 0 aromatic rings. The quantitative estimate of drug-likeness (QED) is 0.338. The summed E-state index contributed by atoms with van der Waals surface area (Å²) in [5.74, 6) is -1.59. The second-order valence-corrected chi connectivity index (χ2v) is 5.56. The van der Waals surface area contributed by atoms with Gasteiger partial charge in [0.05, 0.1) is 13.0 Å². The van der Waals surface area contributed by atoms with Crippen molar-refractivity contribution in [3.05, 3.63) is 12.7 Å². The van der Waals surface area contributed by atoms with E-state index in [1.54, 1.807) is 0 Å². The number of ether oxygens (including phenoxy) is 1. The molecule has 0 spiro atoms. The van der Waals surface area contributed by atoms with E-state index in [9.17, 15) is 14.4 Å². The Hall–Kier alpha value is -1.45. The molecule has 0 heterocycles. The van der Waals surface area contributed by atoms with Gasteiger partial charge in [-0.05, 0) is 43.9 Å². The molecule has 4 nitrogen and oxygen atoms in total. The summed E-state index contributed by atoms with van der Waals surface area (Å²) in [6, 6.07) is 0. The van der Waals surface area contributed by atoms with Crippen LogP contribution in [-0.2, 0) is 19.1 Å². The average Bonchev–Trinajstić information content (AvgIpc) is 2.45. The van der Waals surface area contributed by atoms with Crippen molar-refractivity contribution in [1.29, 1.82) is 0 Å². The van der Waals surface area contributed by atoms with Crippen LogP contribution in [0.2, 0.25) is 0 Å². The number of ketones is 2. The lowest BCUT2D eigenvalue weighted by Crippen LogP contribution is -2.43. The highest BCUT2D eigenvalue weighted by Gasteiger charge is 2.45. The minimum Gasteiger partial charge on any atom is -0.463 e. The van der Waals surface area contributed by atoms with Crippen molar-refractivity contribution < 1.29 is 19.1 Å². The first-order chi connectivity index (χ1) is 9.08. The number of hydrogen-bond acceptors (Lipinski definition) is 4. The van der Waals surface area contributed by atoms with Gasteiger partial charge in [0, 0.05) is 5.92 Å². The van der Waals surface area contributed by atoms with Gasteiger partial charge in [-0.1, -0.05) is 6.08 Å². The van der Waals surface area contributed by atoms with Crippen molar-refractivity contribution in [2.75, 3.05) is 7.11 Å². The van der Waals surface area contributed by atoms with E-state index in [0.717, 1.165) is 25.7 Å². The Morgan fingerprint density at radius 2 is 2.00 bits per heavy atom. The Bertz CT molecular complexity index is 412. The molecule has 0 bridgehead atoms. The Balaban J connectivity index is 2.07. The van der Waals surface area contributed by atoms with Crippen LogP contribution in [0.25, 0.3) is 0 Å². The lowest BCUT2D eigenvalue weighted by molar-refractivity contribution is -0.157. The Morgan fingerprint density at radius 3 is 2.63 bits per heavy atom. The number of methoxy groups -OCH3 is 1. The molecule has 4 atom stereocenters. The number of rotatable bonds is 3. The molecule has 19 heavy (non-hydrogen) atoms. The van der Waals surface area contributed by atoms with E-state index in [4.69, 9.17) is 0 Å². The number of Topliss-reactive ketones (excluding diaryl/α,β-unsaturated/α-hetero) is 2. The third kappa shape index (κ3) is 2.62. The number of carbonyl (C=O) groups is 3. The maximum absolute atomic E-state index is 12.4. The molecular weight excluding hydrogens is 244 g/mol. The minimum absolute atomic E-state index is 0.0471. The lowest BCUT2D eigenvalue weighted by atomic mass is 9.63. The molecule has 0 aromatic heterocycles. The number of hydrogen-bond donors (Lipinski definition) is 0. The first kappa shape index (κ1) is 14.0. The third-order valence-electron chi connectivity index (χ3n) is 4.59. The van der Waals surface area contributed by atoms with Crippen LogP contribution in [0.5, 0.6) is 0 Å². The van der Waals surface area contributed by atoms with Crippen LogP contribution in [0.1, 0.15) is 32.1 Å². The molecule has 2 rings (SSSR count). The van der Waals surface area contributed by atoms with Gasteiger partial charge in [-0.25, -0.2) is 4.79 Å². The van der Waals surface area contributed by atoms with E-state index in [2.05, 4.69) is 11.3 Å². The van der Waals surface area contributed by atoms with Gasteiger partial charge in [0.25, 0.3) is 0 Å². The highest BCUT2D eigenvalue weighted by atomic mass is 16.5. The molecule has 2 fully saturated rings. The van der Waals surface area contributed by atoms with Crippen LogP contribution in [-0.4, -0.2) is 24.6 Å². The van der Waals surface area contributed by atoms with Crippen LogP contribution >= 0.6 is 0 Å². The molecule has 104 valence electrons. The Morgan fingerprint density at radius 1 is 1.26 bits per heavy atom. The molecule has 0 amide bonds. The molecule has 4 unspecified atom stereocenters. The van der Waals surface area contributed by atoms with Gasteiger partial charge in [0.15, 0.2) is 0 Å². The summed E-state index contributed by atoms with van der Waals surface area (Å²) in [7, 11) is 1.17. The molecule has 0 aliphatic heterocycles. The average molecular weight is 264 g/mol. The van der Waals surface area contributed by atoms with Crippen molar-refractivity contribution in [2.24, 2.45) is 23.7 Å². The normalized spacial score (nSPS) is 34.3. The summed E-state index contributed by atoms with van der Waals surface area (Å²) in [6.07, 6.45) is 6.04. The molecule has 0 saturated heterocycles. The second kappa shape index (κ2) is 5.68. The Kier molecular flexibility index (Phi) is 4.17. The monoisotopic (exact) mass is 264 g/mol. The predicted octanol–water partition coefficient (Wildman–Crippen LogP) is 1.93. The number of carbonyl (C=O) groups excluding carboxylic acids is 3. The highest BCUT2D eigenvalue weighted by molar-refractivity contribution is 6.38. The smallest absolute Gasteiger partial charge is 0.375 e. The van der Waals surface area contributed by atoms with E-state index in [1.165, 1.54) is 7.11 Å². The number of fused-ring (bicyclic) bond motifs is 1.